The summed E-state index contributed by atoms with van der Waals surface area (Å²) >= 11 is 0. The van der Waals surface area contributed by atoms with Gasteiger partial charge in [-0.15, -0.1) is 0 Å². The third-order valence-electron chi connectivity index (χ3n) is 3.84. The fourth-order valence-electron chi connectivity index (χ4n) is 3.01. The van der Waals surface area contributed by atoms with Crippen molar-refractivity contribution < 1.29 is 4.79 Å². The number of nitrogens with zero attached hydrogens (tertiary/aromatic N) is 2. The smallest absolute Gasteiger partial charge is 0.144 e. The Morgan fingerprint density at radius 3 is 2.14 bits per heavy atom. The Hall–Kier alpha value is -0.410. The molecule has 78 valence electrons. The third kappa shape index (κ3) is 1.39. The molecule has 3 nitrogen and oxygen atoms in total. The lowest BCUT2D eigenvalue weighted by molar-refractivity contribution is -0.137. The van der Waals surface area contributed by atoms with Gasteiger partial charge in [0.1, 0.15) is 5.78 Å². The molecule has 0 spiro atoms. The van der Waals surface area contributed by atoms with Crippen LogP contribution >= 0.6 is 0 Å². The minimum absolute atomic E-state index is 0.313. The van der Waals surface area contributed by atoms with Gasteiger partial charge in [-0.3, -0.25) is 9.69 Å². The Morgan fingerprint density at radius 1 is 1.07 bits per heavy atom. The first-order chi connectivity index (χ1) is 6.74. The molecule has 0 aromatic rings. The molecular weight excluding hydrogens is 176 g/mol. The molecule has 1 saturated carbocycles. The van der Waals surface area contributed by atoms with Crippen molar-refractivity contribution in [2.75, 3.05) is 33.2 Å². The lowest BCUT2D eigenvalue weighted by Crippen LogP contribution is -2.57. The minimum Gasteiger partial charge on any atom is -0.305 e. The zero-order chi connectivity index (χ0) is 9.71. The first kappa shape index (κ1) is 8.86. The molecular formula is C11H18N2O. The van der Waals surface area contributed by atoms with Crippen molar-refractivity contribution in [2.24, 2.45) is 11.8 Å². The van der Waals surface area contributed by atoms with Crippen LogP contribution in [0.3, 0.4) is 0 Å². The van der Waals surface area contributed by atoms with Gasteiger partial charge in [-0.1, -0.05) is 0 Å². The van der Waals surface area contributed by atoms with E-state index in [1.807, 2.05) is 0 Å². The van der Waals surface area contributed by atoms with Crippen LogP contribution in [0.5, 0.6) is 0 Å². The number of rotatable bonds is 1. The maximum Gasteiger partial charge on any atom is 0.144 e. The summed E-state index contributed by atoms with van der Waals surface area (Å²) in [7, 11) is 2.14. The summed E-state index contributed by atoms with van der Waals surface area (Å²) in [5.74, 6) is 1.17. The van der Waals surface area contributed by atoms with E-state index in [1.165, 1.54) is 12.8 Å². The second-order valence-corrected chi connectivity index (χ2v) is 5.20. The molecule has 0 N–H and O–H groups in total. The molecule has 14 heavy (non-hydrogen) atoms. The molecule has 2 bridgehead atoms. The van der Waals surface area contributed by atoms with Gasteiger partial charge in [-0.05, 0) is 19.9 Å². The molecule has 3 rings (SSSR count). The Kier molecular flexibility index (Phi) is 1.92. The Balaban J connectivity index is 1.75. The van der Waals surface area contributed by atoms with Crippen LogP contribution in [-0.2, 0) is 4.79 Å². The van der Waals surface area contributed by atoms with Crippen LogP contribution in [0.25, 0.3) is 0 Å². The maximum absolute atomic E-state index is 11.9. The summed E-state index contributed by atoms with van der Waals surface area (Å²) in [6, 6.07) is 0.830. The highest BCUT2D eigenvalue weighted by atomic mass is 16.1. The highest BCUT2D eigenvalue weighted by Gasteiger charge is 2.43. The molecule has 2 saturated heterocycles. The Bertz CT molecular complexity index is 244. The van der Waals surface area contributed by atoms with Crippen LogP contribution in [0.4, 0.5) is 0 Å². The van der Waals surface area contributed by atoms with Crippen molar-refractivity contribution in [3.05, 3.63) is 0 Å². The molecule has 3 heteroatoms. The zero-order valence-corrected chi connectivity index (χ0v) is 8.78. The molecule has 3 aliphatic rings. The fourth-order valence-corrected chi connectivity index (χ4v) is 3.01. The zero-order valence-electron chi connectivity index (χ0n) is 8.78. The normalized spacial score (nSPS) is 40.2. The Labute approximate surface area is 85.1 Å². The standard InChI is InChI=1S/C11H18N2O/c1-12-4-8-6-13(10-2-3-10)7-9(5-12)11(8)14/h8-10H,2-7H2,1H3. The highest BCUT2D eigenvalue weighted by Crippen LogP contribution is 2.33. The second-order valence-electron chi connectivity index (χ2n) is 5.20. The summed E-state index contributed by atoms with van der Waals surface area (Å²) in [5, 5.41) is 0. The molecule has 2 aliphatic heterocycles. The van der Waals surface area contributed by atoms with Gasteiger partial charge < -0.3 is 4.90 Å². The second kappa shape index (κ2) is 3.04. The predicted molar refractivity (Wildman–Crippen MR) is 54.1 cm³/mol. The molecule has 3 fully saturated rings. The molecule has 0 radical (unpaired) electrons. The first-order valence-electron chi connectivity index (χ1n) is 5.70. The van der Waals surface area contributed by atoms with Crippen LogP contribution in [0.2, 0.25) is 0 Å². The van der Waals surface area contributed by atoms with E-state index in [2.05, 4.69) is 16.8 Å². The summed E-state index contributed by atoms with van der Waals surface area (Å²) in [5.41, 5.74) is 0. The molecule has 0 amide bonds. The van der Waals surface area contributed by atoms with E-state index in [-0.39, 0.29) is 0 Å². The van der Waals surface area contributed by atoms with Crippen LogP contribution < -0.4 is 0 Å². The van der Waals surface area contributed by atoms with Crippen LogP contribution in [-0.4, -0.2) is 54.9 Å². The van der Waals surface area contributed by atoms with E-state index in [1.54, 1.807) is 0 Å². The van der Waals surface area contributed by atoms with E-state index in [4.69, 9.17) is 0 Å². The van der Waals surface area contributed by atoms with Crippen molar-refractivity contribution >= 4 is 5.78 Å². The lowest BCUT2D eigenvalue weighted by Gasteiger charge is -2.43. The van der Waals surface area contributed by atoms with Crippen molar-refractivity contribution in [3.8, 4) is 0 Å². The largest absolute Gasteiger partial charge is 0.305 e. The monoisotopic (exact) mass is 194 g/mol. The lowest BCUT2D eigenvalue weighted by atomic mass is 9.83. The van der Waals surface area contributed by atoms with Gasteiger partial charge in [0.25, 0.3) is 0 Å². The van der Waals surface area contributed by atoms with Gasteiger partial charge in [-0.25, -0.2) is 0 Å². The van der Waals surface area contributed by atoms with Gasteiger partial charge in [0, 0.05) is 44.1 Å². The van der Waals surface area contributed by atoms with Gasteiger partial charge in [0.2, 0.25) is 0 Å². The molecule has 2 heterocycles. The molecule has 2 unspecified atom stereocenters. The van der Waals surface area contributed by atoms with Gasteiger partial charge in [-0.2, -0.15) is 0 Å². The maximum atomic E-state index is 11.9. The number of Topliss-reactive ketones (excluding diaryl/α,β-unsaturated/α-hetero) is 1. The average molecular weight is 194 g/mol. The van der Waals surface area contributed by atoms with Gasteiger partial charge >= 0.3 is 0 Å². The topological polar surface area (TPSA) is 23.6 Å². The van der Waals surface area contributed by atoms with Crippen LogP contribution in [0.1, 0.15) is 12.8 Å². The number of carbonyl (C=O) groups is 1. The fraction of sp³-hybridized carbons (Fsp3) is 0.909. The summed E-state index contributed by atoms with van der Waals surface area (Å²) in [4.78, 5) is 16.8. The van der Waals surface area contributed by atoms with E-state index in [0.717, 1.165) is 32.2 Å². The van der Waals surface area contributed by atoms with Crippen molar-refractivity contribution in [1.82, 2.24) is 9.80 Å². The highest BCUT2D eigenvalue weighted by molar-refractivity contribution is 5.85. The number of ketones is 1. The van der Waals surface area contributed by atoms with Crippen molar-refractivity contribution in [1.29, 1.82) is 0 Å². The van der Waals surface area contributed by atoms with Gasteiger partial charge in [0.15, 0.2) is 0 Å². The number of carbonyl (C=O) groups excluding carboxylic acids is 1. The van der Waals surface area contributed by atoms with Gasteiger partial charge in [0.05, 0.1) is 0 Å². The summed E-state index contributed by atoms with van der Waals surface area (Å²) in [6.07, 6.45) is 2.73. The molecule has 1 aliphatic carbocycles. The number of hydrogen-bond acceptors (Lipinski definition) is 3. The quantitative estimate of drug-likeness (QED) is 0.596. The molecule has 2 atom stereocenters. The van der Waals surface area contributed by atoms with E-state index in [0.29, 0.717) is 17.6 Å². The average Bonchev–Trinajstić information content (AvgIpc) is 2.90. The first-order valence-corrected chi connectivity index (χ1v) is 5.70. The van der Waals surface area contributed by atoms with Crippen LogP contribution in [0.15, 0.2) is 0 Å². The van der Waals surface area contributed by atoms with Crippen LogP contribution in [0, 0.1) is 11.8 Å². The number of likely N-dealkylation sites (tertiary alicyclic amines) is 2. The Morgan fingerprint density at radius 2 is 1.64 bits per heavy atom. The van der Waals surface area contributed by atoms with E-state index < -0.39 is 0 Å². The third-order valence-corrected chi connectivity index (χ3v) is 3.84. The molecule has 0 aromatic carbocycles. The van der Waals surface area contributed by atoms with Crippen molar-refractivity contribution in [3.63, 3.8) is 0 Å². The van der Waals surface area contributed by atoms with E-state index in [9.17, 15) is 4.79 Å². The molecule has 0 aromatic heterocycles. The number of fused-ring (bicyclic) bond motifs is 2. The van der Waals surface area contributed by atoms with Crippen molar-refractivity contribution in [2.45, 2.75) is 18.9 Å². The summed E-state index contributed by atoms with van der Waals surface area (Å²) < 4.78 is 0. The predicted octanol–water partition coefficient (Wildman–Crippen LogP) is 0.211. The summed E-state index contributed by atoms with van der Waals surface area (Å²) in [6.45, 7) is 4.03. The minimum atomic E-state index is 0.313. The van der Waals surface area contributed by atoms with E-state index >= 15 is 0 Å². The SMILES string of the molecule is CN1CC2CN(C3CC3)CC(C1)C2=O. The number of piperidine rings is 2. The number of hydrogen-bond donors (Lipinski definition) is 0.